The summed E-state index contributed by atoms with van der Waals surface area (Å²) in [5.41, 5.74) is 9.18. The molecule has 3 rings (SSSR count). The Morgan fingerprint density at radius 3 is 3.10 bits per heavy atom. The largest absolute Gasteiger partial charge is 0.493 e. The number of imidazole rings is 1. The molecule has 2 heterocycles. The van der Waals surface area contributed by atoms with Crippen LogP contribution in [-0.4, -0.2) is 22.7 Å². The van der Waals surface area contributed by atoms with Crippen LogP contribution in [0.5, 0.6) is 5.75 Å². The molecule has 0 unspecified atom stereocenters. The molecular formula is C15H18BrN3O. The molecule has 0 amide bonds. The van der Waals surface area contributed by atoms with E-state index in [0.29, 0.717) is 6.54 Å². The summed E-state index contributed by atoms with van der Waals surface area (Å²) in [6.45, 7) is 1.43. The van der Waals surface area contributed by atoms with Crippen molar-refractivity contribution in [2.45, 2.75) is 19.3 Å². The average molecular weight is 336 g/mol. The van der Waals surface area contributed by atoms with Gasteiger partial charge in [0.15, 0.2) is 0 Å². The van der Waals surface area contributed by atoms with E-state index in [2.05, 4.69) is 43.7 Å². The van der Waals surface area contributed by atoms with E-state index in [4.69, 9.17) is 10.5 Å². The summed E-state index contributed by atoms with van der Waals surface area (Å²) in [7, 11) is 2.04. The van der Waals surface area contributed by atoms with Gasteiger partial charge in [-0.2, -0.15) is 0 Å². The molecule has 2 aromatic rings. The first-order valence-corrected chi connectivity index (χ1v) is 7.67. The first kappa shape index (κ1) is 13.6. The summed E-state index contributed by atoms with van der Waals surface area (Å²) >= 11 is 3.57. The van der Waals surface area contributed by atoms with Crippen molar-refractivity contribution in [3.05, 3.63) is 34.2 Å². The highest BCUT2D eigenvalue weighted by atomic mass is 79.9. The minimum Gasteiger partial charge on any atom is -0.493 e. The lowest BCUT2D eigenvalue weighted by Crippen LogP contribution is -2.09. The Morgan fingerprint density at radius 1 is 1.45 bits per heavy atom. The number of aromatic nitrogens is 2. The van der Waals surface area contributed by atoms with Crippen LogP contribution >= 0.6 is 15.9 Å². The maximum Gasteiger partial charge on any atom is 0.132 e. The quantitative estimate of drug-likeness (QED) is 0.938. The van der Waals surface area contributed by atoms with Crippen molar-refractivity contribution < 1.29 is 4.74 Å². The molecule has 1 aliphatic heterocycles. The number of hydrogen-bond acceptors (Lipinski definition) is 3. The van der Waals surface area contributed by atoms with E-state index in [1.54, 1.807) is 0 Å². The number of ether oxygens (including phenoxy) is 1. The molecule has 0 bridgehead atoms. The van der Waals surface area contributed by atoms with Gasteiger partial charge in [-0.3, -0.25) is 0 Å². The van der Waals surface area contributed by atoms with Crippen molar-refractivity contribution in [2.24, 2.45) is 12.8 Å². The Balaban J connectivity index is 2.04. The third kappa shape index (κ3) is 2.36. The van der Waals surface area contributed by atoms with Gasteiger partial charge in [-0.05, 0) is 59.1 Å². The van der Waals surface area contributed by atoms with Crippen LogP contribution < -0.4 is 10.5 Å². The summed E-state index contributed by atoms with van der Waals surface area (Å²) in [5.74, 6) is 2.02. The van der Waals surface area contributed by atoms with Gasteiger partial charge in [0.2, 0.25) is 0 Å². The van der Waals surface area contributed by atoms with E-state index in [1.165, 1.54) is 11.1 Å². The first-order valence-electron chi connectivity index (χ1n) is 6.88. The zero-order valence-electron chi connectivity index (χ0n) is 11.5. The number of nitrogens with zero attached hydrogens (tertiary/aromatic N) is 2. The fourth-order valence-electron chi connectivity index (χ4n) is 2.68. The Bertz CT molecular complexity index is 636. The van der Waals surface area contributed by atoms with Gasteiger partial charge in [0.05, 0.1) is 12.3 Å². The smallest absolute Gasteiger partial charge is 0.132 e. The lowest BCUT2D eigenvalue weighted by molar-refractivity contribution is 0.288. The number of rotatable bonds is 3. The Labute approximate surface area is 127 Å². The van der Waals surface area contributed by atoms with E-state index in [1.807, 2.05) is 7.05 Å². The van der Waals surface area contributed by atoms with Gasteiger partial charge in [0.25, 0.3) is 0 Å². The molecule has 106 valence electrons. The van der Waals surface area contributed by atoms with Crippen LogP contribution in [0.25, 0.3) is 11.3 Å². The summed E-state index contributed by atoms with van der Waals surface area (Å²) < 4.78 is 8.66. The molecule has 5 heteroatoms. The summed E-state index contributed by atoms with van der Waals surface area (Å²) in [5, 5.41) is 0. The van der Waals surface area contributed by atoms with Gasteiger partial charge in [0, 0.05) is 19.0 Å². The van der Waals surface area contributed by atoms with Crippen LogP contribution in [0.4, 0.5) is 0 Å². The second-order valence-corrected chi connectivity index (χ2v) is 5.79. The predicted octanol–water partition coefficient (Wildman–Crippen LogP) is 2.68. The van der Waals surface area contributed by atoms with Crippen molar-refractivity contribution >= 4 is 15.9 Å². The summed E-state index contributed by atoms with van der Waals surface area (Å²) in [6, 6.07) is 6.37. The second kappa shape index (κ2) is 5.58. The van der Waals surface area contributed by atoms with Gasteiger partial charge in [-0.25, -0.2) is 4.98 Å². The molecule has 1 aromatic carbocycles. The minimum atomic E-state index is 0.606. The van der Waals surface area contributed by atoms with Crippen LogP contribution in [-0.2, 0) is 19.9 Å². The molecule has 1 aromatic heterocycles. The Kier molecular flexibility index (Phi) is 3.81. The van der Waals surface area contributed by atoms with Crippen molar-refractivity contribution in [2.75, 3.05) is 13.2 Å². The van der Waals surface area contributed by atoms with E-state index in [-0.39, 0.29) is 0 Å². The molecule has 2 N–H and O–H groups in total. The molecule has 20 heavy (non-hydrogen) atoms. The highest BCUT2D eigenvalue weighted by Crippen LogP contribution is 2.33. The highest BCUT2D eigenvalue weighted by molar-refractivity contribution is 9.10. The number of nitrogens with two attached hydrogens (primary N) is 1. The van der Waals surface area contributed by atoms with E-state index in [0.717, 1.165) is 47.7 Å². The molecule has 0 fully saturated rings. The van der Waals surface area contributed by atoms with Gasteiger partial charge in [-0.1, -0.05) is 0 Å². The number of halogens is 1. The molecule has 1 aliphatic rings. The van der Waals surface area contributed by atoms with Crippen LogP contribution in [0.15, 0.2) is 22.8 Å². The third-order valence-corrected chi connectivity index (χ3v) is 4.25. The third-order valence-electron chi connectivity index (χ3n) is 3.70. The van der Waals surface area contributed by atoms with Crippen molar-refractivity contribution in [3.8, 4) is 17.0 Å². The van der Waals surface area contributed by atoms with Crippen molar-refractivity contribution in [3.63, 3.8) is 0 Å². The predicted molar refractivity (Wildman–Crippen MR) is 82.9 cm³/mol. The lowest BCUT2D eigenvalue weighted by atomic mass is 10.0. The Morgan fingerprint density at radius 2 is 2.30 bits per heavy atom. The zero-order chi connectivity index (χ0) is 14.1. The SMILES string of the molecule is Cn1c(CCN)nc(Br)c1-c1ccc2c(c1)CCCO2. The van der Waals surface area contributed by atoms with Gasteiger partial charge >= 0.3 is 0 Å². The fraction of sp³-hybridized carbons (Fsp3) is 0.400. The molecule has 0 spiro atoms. The lowest BCUT2D eigenvalue weighted by Gasteiger charge is -2.18. The van der Waals surface area contributed by atoms with Crippen molar-refractivity contribution in [1.29, 1.82) is 0 Å². The standard InChI is InChI=1S/C15H18BrN3O/c1-19-13(6-7-17)18-15(16)14(19)11-4-5-12-10(9-11)3-2-8-20-12/h4-5,9H,2-3,6-8,17H2,1H3. The van der Waals surface area contributed by atoms with Crippen LogP contribution in [0, 0.1) is 0 Å². The molecule has 0 radical (unpaired) electrons. The monoisotopic (exact) mass is 335 g/mol. The first-order chi connectivity index (χ1) is 9.70. The minimum absolute atomic E-state index is 0.606. The summed E-state index contributed by atoms with van der Waals surface area (Å²) in [4.78, 5) is 4.56. The normalized spacial score (nSPS) is 13.9. The molecule has 0 atom stereocenters. The van der Waals surface area contributed by atoms with E-state index in [9.17, 15) is 0 Å². The van der Waals surface area contributed by atoms with E-state index < -0.39 is 0 Å². The molecule has 0 saturated carbocycles. The average Bonchev–Trinajstić information content (AvgIpc) is 2.73. The van der Waals surface area contributed by atoms with Crippen LogP contribution in [0.1, 0.15) is 17.8 Å². The number of hydrogen-bond donors (Lipinski definition) is 1. The molecule has 0 aliphatic carbocycles. The molecule has 0 saturated heterocycles. The second-order valence-electron chi connectivity index (χ2n) is 5.04. The topological polar surface area (TPSA) is 53.1 Å². The van der Waals surface area contributed by atoms with Crippen molar-refractivity contribution in [1.82, 2.24) is 9.55 Å². The number of aryl methyl sites for hydroxylation is 1. The van der Waals surface area contributed by atoms with E-state index >= 15 is 0 Å². The number of benzene rings is 1. The Hall–Kier alpha value is -1.33. The number of fused-ring (bicyclic) bond motifs is 1. The highest BCUT2D eigenvalue weighted by Gasteiger charge is 2.17. The summed E-state index contributed by atoms with van der Waals surface area (Å²) in [6.07, 6.45) is 2.94. The maximum absolute atomic E-state index is 5.67. The van der Waals surface area contributed by atoms with Crippen LogP contribution in [0.2, 0.25) is 0 Å². The van der Waals surface area contributed by atoms with Gasteiger partial charge in [0.1, 0.15) is 16.2 Å². The fourth-order valence-corrected chi connectivity index (χ4v) is 3.38. The van der Waals surface area contributed by atoms with Crippen LogP contribution in [0.3, 0.4) is 0 Å². The molecular weight excluding hydrogens is 318 g/mol. The van der Waals surface area contributed by atoms with Gasteiger partial charge < -0.3 is 15.0 Å². The molecule has 4 nitrogen and oxygen atoms in total. The maximum atomic E-state index is 5.67. The zero-order valence-corrected chi connectivity index (χ0v) is 13.1. The van der Waals surface area contributed by atoms with Gasteiger partial charge in [-0.15, -0.1) is 0 Å².